The third kappa shape index (κ3) is 2.76. The van der Waals surface area contributed by atoms with E-state index >= 15 is 0 Å². The fourth-order valence-corrected chi connectivity index (χ4v) is 2.98. The van der Waals surface area contributed by atoms with Crippen LogP contribution in [0.1, 0.15) is 13.8 Å². The van der Waals surface area contributed by atoms with Gasteiger partial charge in [-0.25, -0.2) is 8.42 Å². The fraction of sp³-hybridized carbons (Fsp3) is 0.667. The van der Waals surface area contributed by atoms with Gasteiger partial charge >= 0.3 is 0 Å². The predicted octanol–water partition coefficient (Wildman–Crippen LogP) is -0.512. The van der Waals surface area contributed by atoms with Crippen LogP contribution >= 0.6 is 0 Å². The van der Waals surface area contributed by atoms with E-state index in [0.29, 0.717) is 6.54 Å². The Morgan fingerprint density at radius 1 is 1.53 bits per heavy atom. The van der Waals surface area contributed by atoms with E-state index in [1.54, 1.807) is 6.92 Å². The number of nitrogen functional groups attached to an aromatic ring is 1. The van der Waals surface area contributed by atoms with Crippen molar-refractivity contribution >= 4 is 15.8 Å². The molecule has 98 valence electrons. The molecular formula is C9H18N4O3S. The molecule has 0 saturated carbocycles. The molecule has 0 aromatic carbocycles. The first-order valence-corrected chi connectivity index (χ1v) is 6.85. The van der Waals surface area contributed by atoms with Gasteiger partial charge in [-0.3, -0.25) is 4.68 Å². The predicted molar refractivity (Wildman–Crippen MR) is 63.8 cm³/mol. The van der Waals surface area contributed by atoms with Gasteiger partial charge in [0.15, 0.2) is 5.82 Å². The van der Waals surface area contributed by atoms with E-state index in [1.807, 2.05) is 6.92 Å². The van der Waals surface area contributed by atoms with E-state index in [4.69, 9.17) is 10.8 Å². The molecule has 0 spiro atoms. The average molecular weight is 262 g/mol. The summed E-state index contributed by atoms with van der Waals surface area (Å²) in [4.78, 5) is -0.00495. The molecule has 1 rings (SSSR count). The monoisotopic (exact) mass is 262 g/mol. The van der Waals surface area contributed by atoms with Crippen LogP contribution in [0.5, 0.6) is 0 Å². The summed E-state index contributed by atoms with van der Waals surface area (Å²) in [6.07, 6.45) is 1.41. The standard InChI is InChI=1S/C9H18N4O3S/c1-3-12-7-8(9(10)11-12)17(15,16)13(4-2)5-6-14/h7,14H,3-6H2,1-2H3,(H2,10,11). The van der Waals surface area contributed by atoms with Crippen LogP contribution < -0.4 is 5.73 Å². The highest BCUT2D eigenvalue weighted by Gasteiger charge is 2.27. The van der Waals surface area contributed by atoms with E-state index in [-0.39, 0.29) is 30.4 Å². The zero-order valence-corrected chi connectivity index (χ0v) is 10.8. The maximum Gasteiger partial charge on any atom is 0.248 e. The van der Waals surface area contributed by atoms with Crippen molar-refractivity contribution in [2.24, 2.45) is 0 Å². The zero-order chi connectivity index (χ0) is 13.1. The SMILES string of the molecule is CCN(CCO)S(=O)(=O)c1cn(CC)nc1N. The molecule has 0 aliphatic carbocycles. The number of aliphatic hydroxyl groups is 1. The third-order valence-electron chi connectivity index (χ3n) is 2.40. The Labute approximate surface area is 101 Å². The number of hydrogen-bond acceptors (Lipinski definition) is 5. The van der Waals surface area contributed by atoms with Crippen molar-refractivity contribution in [3.05, 3.63) is 6.20 Å². The summed E-state index contributed by atoms with van der Waals surface area (Å²) >= 11 is 0. The molecule has 1 heterocycles. The van der Waals surface area contributed by atoms with Crippen LogP contribution in [0.15, 0.2) is 11.1 Å². The summed E-state index contributed by atoms with van der Waals surface area (Å²) in [6.45, 7) is 4.19. The van der Waals surface area contributed by atoms with Crippen LogP contribution in [0.3, 0.4) is 0 Å². The molecule has 0 saturated heterocycles. The summed E-state index contributed by atoms with van der Waals surface area (Å²) < 4.78 is 27.0. The quantitative estimate of drug-likeness (QED) is 0.719. The molecule has 3 N–H and O–H groups in total. The lowest BCUT2D eigenvalue weighted by Crippen LogP contribution is -2.33. The number of nitrogens with zero attached hydrogens (tertiary/aromatic N) is 3. The number of aromatic nitrogens is 2. The molecule has 17 heavy (non-hydrogen) atoms. The Balaban J connectivity index is 3.15. The van der Waals surface area contributed by atoms with Crippen molar-refractivity contribution in [2.75, 3.05) is 25.4 Å². The molecule has 0 bridgehead atoms. The molecular weight excluding hydrogens is 244 g/mol. The topological polar surface area (TPSA) is 101 Å². The second kappa shape index (κ2) is 5.48. The molecule has 0 atom stereocenters. The smallest absolute Gasteiger partial charge is 0.248 e. The summed E-state index contributed by atoms with van der Waals surface area (Å²) in [5.41, 5.74) is 5.59. The lowest BCUT2D eigenvalue weighted by molar-refractivity contribution is 0.257. The Hall–Kier alpha value is -1.12. The van der Waals surface area contributed by atoms with Crippen LogP contribution in [0.2, 0.25) is 0 Å². The lowest BCUT2D eigenvalue weighted by atomic mass is 10.6. The number of anilines is 1. The van der Waals surface area contributed by atoms with E-state index in [0.717, 1.165) is 0 Å². The molecule has 0 radical (unpaired) electrons. The zero-order valence-electron chi connectivity index (χ0n) is 10.00. The molecule has 0 aliphatic heterocycles. The van der Waals surface area contributed by atoms with Crippen molar-refractivity contribution < 1.29 is 13.5 Å². The molecule has 1 aromatic heterocycles. The first kappa shape index (κ1) is 13.9. The van der Waals surface area contributed by atoms with Gasteiger partial charge in [-0.1, -0.05) is 6.92 Å². The minimum Gasteiger partial charge on any atom is -0.395 e. The van der Waals surface area contributed by atoms with Crippen molar-refractivity contribution in [1.82, 2.24) is 14.1 Å². The number of sulfonamides is 1. The third-order valence-corrected chi connectivity index (χ3v) is 4.39. The number of hydrogen-bond donors (Lipinski definition) is 2. The van der Waals surface area contributed by atoms with Crippen molar-refractivity contribution in [3.8, 4) is 0 Å². The van der Waals surface area contributed by atoms with Crippen molar-refractivity contribution in [3.63, 3.8) is 0 Å². The van der Waals surface area contributed by atoms with Crippen molar-refractivity contribution in [1.29, 1.82) is 0 Å². The summed E-state index contributed by atoms with van der Waals surface area (Å²) in [5.74, 6) is -0.0109. The minimum atomic E-state index is -3.67. The maximum atomic E-state index is 12.2. The molecule has 0 aliphatic rings. The first-order valence-electron chi connectivity index (χ1n) is 5.41. The normalized spacial score (nSPS) is 12.2. The highest BCUT2D eigenvalue weighted by Crippen LogP contribution is 2.20. The molecule has 8 heteroatoms. The van der Waals surface area contributed by atoms with Gasteiger partial charge in [-0.15, -0.1) is 0 Å². The average Bonchev–Trinajstić information content (AvgIpc) is 2.67. The van der Waals surface area contributed by atoms with Gasteiger partial charge in [0.2, 0.25) is 10.0 Å². The van der Waals surface area contributed by atoms with E-state index in [2.05, 4.69) is 5.10 Å². The van der Waals surface area contributed by atoms with Gasteiger partial charge in [-0.2, -0.15) is 9.40 Å². The maximum absolute atomic E-state index is 12.2. The number of aliphatic hydroxyl groups excluding tert-OH is 1. The van der Waals surface area contributed by atoms with Crippen LogP contribution in [0, 0.1) is 0 Å². The largest absolute Gasteiger partial charge is 0.395 e. The Morgan fingerprint density at radius 3 is 2.59 bits per heavy atom. The Kier molecular flexibility index (Phi) is 4.49. The second-order valence-electron chi connectivity index (χ2n) is 3.45. The molecule has 0 fully saturated rings. The lowest BCUT2D eigenvalue weighted by Gasteiger charge is -2.18. The Bertz CT molecular complexity index is 469. The van der Waals surface area contributed by atoms with Gasteiger partial charge in [0.1, 0.15) is 4.90 Å². The highest BCUT2D eigenvalue weighted by molar-refractivity contribution is 7.89. The van der Waals surface area contributed by atoms with Crippen LogP contribution in [-0.4, -0.2) is 47.3 Å². The first-order chi connectivity index (χ1) is 7.97. The van der Waals surface area contributed by atoms with E-state index in [9.17, 15) is 8.42 Å². The number of rotatable bonds is 6. The Morgan fingerprint density at radius 2 is 2.18 bits per heavy atom. The van der Waals surface area contributed by atoms with Crippen LogP contribution in [0.4, 0.5) is 5.82 Å². The summed E-state index contributed by atoms with van der Waals surface area (Å²) in [7, 11) is -3.67. The van der Waals surface area contributed by atoms with E-state index in [1.165, 1.54) is 15.2 Å². The molecule has 7 nitrogen and oxygen atoms in total. The van der Waals surface area contributed by atoms with Gasteiger partial charge in [0.05, 0.1) is 6.61 Å². The molecule has 0 unspecified atom stereocenters. The fourth-order valence-electron chi connectivity index (χ4n) is 1.48. The minimum absolute atomic E-state index is 0.00495. The summed E-state index contributed by atoms with van der Waals surface area (Å²) in [5, 5.41) is 12.7. The van der Waals surface area contributed by atoms with Crippen molar-refractivity contribution in [2.45, 2.75) is 25.3 Å². The van der Waals surface area contributed by atoms with Crippen LogP contribution in [-0.2, 0) is 16.6 Å². The number of likely N-dealkylation sites (N-methyl/N-ethyl adjacent to an activating group) is 1. The van der Waals surface area contributed by atoms with Gasteiger partial charge in [0, 0.05) is 25.8 Å². The number of nitrogens with two attached hydrogens (primary N) is 1. The van der Waals surface area contributed by atoms with Gasteiger partial charge < -0.3 is 10.8 Å². The van der Waals surface area contributed by atoms with Gasteiger partial charge in [0.25, 0.3) is 0 Å². The van der Waals surface area contributed by atoms with Crippen LogP contribution in [0.25, 0.3) is 0 Å². The highest BCUT2D eigenvalue weighted by atomic mass is 32.2. The number of aryl methyl sites for hydroxylation is 1. The summed E-state index contributed by atoms with van der Waals surface area (Å²) in [6, 6.07) is 0. The molecule has 1 aromatic rings. The molecule has 0 amide bonds. The second-order valence-corrected chi connectivity index (χ2v) is 5.36. The van der Waals surface area contributed by atoms with Gasteiger partial charge in [-0.05, 0) is 6.92 Å². The van der Waals surface area contributed by atoms with E-state index < -0.39 is 10.0 Å².